The number of ether oxygens (including phenoxy) is 2. The molecule has 114 valence electrons. The molecule has 1 aromatic rings. The van der Waals surface area contributed by atoms with Crippen LogP contribution in [0.5, 0.6) is 11.5 Å². The molecule has 5 nitrogen and oxygen atoms in total. The second-order valence-electron chi connectivity index (χ2n) is 4.84. The van der Waals surface area contributed by atoms with Crippen LogP contribution in [0.3, 0.4) is 0 Å². The van der Waals surface area contributed by atoms with Crippen molar-refractivity contribution >= 4 is 18.3 Å². The maximum Gasteiger partial charge on any atom is 0.251 e. The molecule has 0 unspecified atom stereocenters. The van der Waals surface area contributed by atoms with E-state index < -0.39 is 5.54 Å². The highest BCUT2D eigenvalue weighted by Gasteiger charge is 2.20. The Morgan fingerprint density at radius 1 is 1.35 bits per heavy atom. The van der Waals surface area contributed by atoms with Gasteiger partial charge in [0.25, 0.3) is 5.91 Å². The van der Waals surface area contributed by atoms with E-state index in [1.165, 1.54) is 0 Å². The van der Waals surface area contributed by atoms with E-state index in [1.54, 1.807) is 25.3 Å². The van der Waals surface area contributed by atoms with Gasteiger partial charge in [0.15, 0.2) is 11.5 Å². The maximum absolute atomic E-state index is 12.1. The van der Waals surface area contributed by atoms with Crippen molar-refractivity contribution in [2.75, 3.05) is 20.3 Å². The van der Waals surface area contributed by atoms with E-state index in [0.29, 0.717) is 30.2 Å². The zero-order valence-corrected chi connectivity index (χ0v) is 13.2. The summed E-state index contributed by atoms with van der Waals surface area (Å²) in [5, 5.41) is 2.86. The van der Waals surface area contributed by atoms with Gasteiger partial charge in [0.2, 0.25) is 0 Å². The highest BCUT2D eigenvalue weighted by molar-refractivity contribution is 5.95. The van der Waals surface area contributed by atoms with Crippen LogP contribution in [0.4, 0.5) is 0 Å². The fourth-order valence-electron chi connectivity index (χ4n) is 1.51. The van der Waals surface area contributed by atoms with E-state index in [-0.39, 0.29) is 18.3 Å². The zero-order chi connectivity index (χ0) is 14.5. The van der Waals surface area contributed by atoms with Gasteiger partial charge >= 0.3 is 0 Å². The lowest BCUT2D eigenvalue weighted by molar-refractivity contribution is 0.0915. The van der Waals surface area contributed by atoms with E-state index >= 15 is 0 Å². The summed E-state index contributed by atoms with van der Waals surface area (Å²) in [4.78, 5) is 12.1. The minimum absolute atomic E-state index is 0. The monoisotopic (exact) mass is 302 g/mol. The molecular formula is C14H23ClN2O3. The first-order valence-corrected chi connectivity index (χ1v) is 6.27. The predicted octanol–water partition coefficient (Wildman–Crippen LogP) is 1.98. The highest BCUT2D eigenvalue weighted by Crippen LogP contribution is 2.28. The van der Waals surface area contributed by atoms with Crippen LogP contribution >= 0.6 is 12.4 Å². The first-order valence-electron chi connectivity index (χ1n) is 6.27. The SMILES string of the molecule is CCOc1ccc(C(=O)NC(C)(C)CN)cc1OC.Cl. The van der Waals surface area contributed by atoms with Gasteiger partial charge in [0.1, 0.15) is 0 Å². The third-order valence-corrected chi connectivity index (χ3v) is 2.69. The van der Waals surface area contributed by atoms with Gasteiger partial charge in [0.05, 0.1) is 13.7 Å². The molecule has 0 saturated heterocycles. The molecule has 1 amide bonds. The fourth-order valence-corrected chi connectivity index (χ4v) is 1.51. The van der Waals surface area contributed by atoms with Gasteiger partial charge < -0.3 is 20.5 Å². The topological polar surface area (TPSA) is 73.6 Å². The molecule has 0 fully saturated rings. The molecule has 0 heterocycles. The van der Waals surface area contributed by atoms with Gasteiger partial charge in [-0.25, -0.2) is 0 Å². The zero-order valence-electron chi connectivity index (χ0n) is 12.4. The van der Waals surface area contributed by atoms with Crippen LogP contribution in [0.25, 0.3) is 0 Å². The predicted molar refractivity (Wildman–Crippen MR) is 82.0 cm³/mol. The first kappa shape index (κ1) is 18.5. The lowest BCUT2D eigenvalue weighted by atomic mass is 10.1. The van der Waals surface area contributed by atoms with Gasteiger partial charge in [-0.15, -0.1) is 12.4 Å². The number of nitrogens with two attached hydrogens (primary N) is 1. The molecule has 0 spiro atoms. The van der Waals surface area contributed by atoms with Crippen molar-refractivity contribution in [2.45, 2.75) is 26.3 Å². The summed E-state index contributed by atoms with van der Waals surface area (Å²) in [7, 11) is 1.54. The molecule has 0 aliphatic heterocycles. The molecule has 0 saturated carbocycles. The number of rotatable bonds is 6. The Balaban J connectivity index is 0.00000361. The quantitative estimate of drug-likeness (QED) is 0.843. The number of halogens is 1. The molecule has 1 aromatic carbocycles. The first-order chi connectivity index (χ1) is 8.93. The number of amides is 1. The minimum atomic E-state index is -0.442. The molecule has 0 atom stereocenters. The van der Waals surface area contributed by atoms with Crippen molar-refractivity contribution in [3.05, 3.63) is 23.8 Å². The third-order valence-electron chi connectivity index (χ3n) is 2.69. The Bertz CT molecular complexity index is 450. The molecule has 6 heteroatoms. The van der Waals surface area contributed by atoms with E-state index in [2.05, 4.69) is 5.32 Å². The second-order valence-corrected chi connectivity index (χ2v) is 4.84. The van der Waals surface area contributed by atoms with Crippen molar-refractivity contribution in [3.8, 4) is 11.5 Å². The summed E-state index contributed by atoms with van der Waals surface area (Å²) in [6.07, 6.45) is 0. The Hall–Kier alpha value is -1.46. The number of hydrogen-bond donors (Lipinski definition) is 2. The normalized spacial score (nSPS) is 10.4. The van der Waals surface area contributed by atoms with Gasteiger partial charge in [-0.05, 0) is 39.0 Å². The highest BCUT2D eigenvalue weighted by atomic mass is 35.5. The van der Waals surface area contributed by atoms with Gasteiger partial charge in [-0.3, -0.25) is 4.79 Å². The van der Waals surface area contributed by atoms with Gasteiger partial charge in [0, 0.05) is 17.6 Å². The average molecular weight is 303 g/mol. The van der Waals surface area contributed by atoms with Crippen LogP contribution in [0.1, 0.15) is 31.1 Å². The van der Waals surface area contributed by atoms with Crippen LogP contribution in [0.2, 0.25) is 0 Å². The van der Waals surface area contributed by atoms with Crippen molar-refractivity contribution < 1.29 is 14.3 Å². The Labute approximate surface area is 126 Å². The molecule has 0 aromatic heterocycles. The van der Waals surface area contributed by atoms with Crippen molar-refractivity contribution in [1.82, 2.24) is 5.32 Å². The molecule has 0 aliphatic carbocycles. The molecule has 20 heavy (non-hydrogen) atoms. The van der Waals surface area contributed by atoms with Crippen molar-refractivity contribution in [1.29, 1.82) is 0 Å². The summed E-state index contributed by atoms with van der Waals surface area (Å²) in [6.45, 7) is 6.55. The number of nitrogens with one attached hydrogen (secondary N) is 1. The van der Waals surface area contributed by atoms with Crippen LogP contribution < -0.4 is 20.5 Å². The summed E-state index contributed by atoms with van der Waals surface area (Å²) in [5.74, 6) is 0.983. The Morgan fingerprint density at radius 2 is 2.00 bits per heavy atom. The number of hydrogen-bond acceptors (Lipinski definition) is 4. The molecule has 1 rings (SSSR count). The standard InChI is InChI=1S/C14H22N2O3.ClH/c1-5-19-11-7-6-10(8-12(11)18-4)13(17)16-14(2,3)9-15;/h6-8H,5,9,15H2,1-4H3,(H,16,17);1H. The summed E-state index contributed by atoms with van der Waals surface area (Å²) in [6, 6.07) is 5.09. The molecule has 0 aliphatic rings. The third kappa shape index (κ3) is 4.90. The number of benzene rings is 1. The van der Waals surface area contributed by atoms with Crippen molar-refractivity contribution in [3.63, 3.8) is 0 Å². The number of carbonyl (C=O) groups excluding carboxylic acids is 1. The summed E-state index contributed by atoms with van der Waals surface area (Å²) in [5.41, 5.74) is 5.67. The van der Waals surface area contributed by atoms with Crippen LogP contribution in [-0.4, -0.2) is 31.7 Å². The van der Waals surface area contributed by atoms with Crippen molar-refractivity contribution in [2.24, 2.45) is 5.73 Å². The summed E-state index contributed by atoms with van der Waals surface area (Å²) >= 11 is 0. The van der Waals surface area contributed by atoms with Gasteiger partial charge in [-0.2, -0.15) is 0 Å². The van der Waals surface area contributed by atoms with Gasteiger partial charge in [-0.1, -0.05) is 0 Å². The lowest BCUT2D eigenvalue weighted by Crippen LogP contribution is -2.48. The Kier molecular flexibility index (Phi) is 7.39. The summed E-state index contributed by atoms with van der Waals surface area (Å²) < 4.78 is 10.6. The lowest BCUT2D eigenvalue weighted by Gasteiger charge is -2.24. The van der Waals surface area contributed by atoms with E-state index in [9.17, 15) is 4.79 Å². The van der Waals surface area contributed by atoms with E-state index in [1.807, 2.05) is 20.8 Å². The Morgan fingerprint density at radius 3 is 2.50 bits per heavy atom. The number of methoxy groups -OCH3 is 1. The maximum atomic E-state index is 12.1. The molecule has 0 radical (unpaired) electrons. The fraction of sp³-hybridized carbons (Fsp3) is 0.500. The number of carbonyl (C=O) groups is 1. The molecular weight excluding hydrogens is 280 g/mol. The molecule has 0 bridgehead atoms. The molecule has 3 N–H and O–H groups in total. The van der Waals surface area contributed by atoms with E-state index in [4.69, 9.17) is 15.2 Å². The largest absolute Gasteiger partial charge is 0.493 e. The average Bonchev–Trinajstić information content (AvgIpc) is 2.39. The van der Waals surface area contributed by atoms with Crippen LogP contribution in [0.15, 0.2) is 18.2 Å². The van der Waals surface area contributed by atoms with Crippen LogP contribution in [-0.2, 0) is 0 Å². The minimum Gasteiger partial charge on any atom is -0.493 e. The second kappa shape index (κ2) is 7.97. The smallest absolute Gasteiger partial charge is 0.251 e. The van der Waals surface area contributed by atoms with Crippen LogP contribution in [0, 0.1) is 0 Å². The van der Waals surface area contributed by atoms with E-state index in [0.717, 1.165) is 0 Å².